The van der Waals surface area contributed by atoms with E-state index in [2.05, 4.69) is 9.88 Å². The molecule has 10 heteroatoms. The number of hydrogen-bond acceptors (Lipinski definition) is 5. The number of aromatic nitrogens is 1. The summed E-state index contributed by atoms with van der Waals surface area (Å²) in [7, 11) is 0. The first-order valence-electron chi connectivity index (χ1n) is 9.31. The number of alkyl halides is 3. The van der Waals surface area contributed by atoms with Gasteiger partial charge in [0, 0.05) is 43.2 Å². The topological polar surface area (TPSA) is 79.7 Å². The Labute approximate surface area is 175 Å². The molecule has 0 unspecified atom stereocenters. The summed E-state index contributed by atoms with van der Waals surface area (Å²) in [4.78, 5) is 27.3. The molecule has 1 aromatic carbocycles. The van der Waals surface area contributed by atoms with Crippen LogP contribution in [-0.2, 0) is 4.79 Å². The molecule has 0 spiro atoms. The van der Waals surface area contributed by atoms with E-state index < -0.39 is 12.1 Å². The first-order chi connectivity index (χ1) is 14.6. The third kappa shape index (κ3) is 8.45. The first-order valence-corrected chi connectivity index (χ1v) is 9.31. The minimum atomic E-state index is -5.08. The van der Waals surface area contributed by atoms with E-state index in [0.29, 0.717) is 17.2 Å². The predicted molar refractivity (Wildman–Crippen MR) is 103 cm³/mol. The molecule has 2 aromatic rings. The molecular formula is C21H20F4N2O4. The van der Waals surface area contributed by atoms with Gasteiger partial charge in [-0.2, -0.15) is 13.2 Å². The van der Waals surface area contributed by atoms with Gasteiger partial charge in [0.05, 0.1) is 0 Å². The van der Waals surface area contributed by atoms with Crippen LogP contribution >= 0.6 is 0 Å². The number of likely N-dealkylation sites (tertiary alicyclic amines) is 1. The quantitative estimate of drug-likeness (QED) is 0.408. The molecule has 1 N–H and O–H groups in total. The van der Waals surface area contributed by atoms with E-state index in [4.69, 9.17) is 14.6 Å². The van der Waals surface area contributed by atoms with Gasteiger partial charge in [0.15, 0.2) is 5.78 Å². The molecule has 3 rings (SSSR count). The second kappa shape index (κ2) is 11.1. The highest BCUT2D eigenvalue weighted by molar-refractivity contribution is 6.04. The first kappa shape index (κ1) is 23.8. The number of nitrogens with zero attached hydrogens (tertiary/aromatic N) is 2. The van der Waals surface area contributed by atoms with Crippen LogP contribution in [-0.4, -0.2) is 46.0 Å². The Bertz CT molecular complexity index is 891. The number of pyridine rings is 1. The van der Waals surface area contributed by atoms with E-state index in [0.717, 1.165) is 13.1 Å². The lowest BCUT2D eigenvalue weighted by atomic mass is 10.1. The summed E-state index contributed by atoms with van der Waals surface area (Å²) < 4.78 is 50.1. The Kier molecular flexibility index (Phi) is 8.53. The SMILES string of the molecule is O=C(C=CN1CCCCC1)c1ccc(Oc2ccc(F)cc2)nc1.O=C(O)C(F)(F)F. The summed E-state index contributed by atoms with van der Waals surface area (Å²) >= 11 is 0. The monoisotopic (exact) mass is 440 g/mol. The second-order valence-electron chi connectivity index (χ2n) is 6.52. The standard InChI is InChI=1S/C19H19FN2O2.C2HF3O2/c20-16-5-7-17(8-6-16)24-19-9-4-15(14-21-19)18(23)10-13-22-11-2-1-3-12-22;3-2(4,5)1(6)7/h4-10,13-14H,1-3,11-12H2;(H,6,7). The Morgan fingerprint density at radius 2 is 1.65 bits per heavy atom. The van der Waals surface area contributed by atoms with Crippen molar-refractivity contribution in [2.45, 2.75) is 25.4 Å². The van der Waals surface area contributed by atoms with E-state index >= 15 is 0 Å². The van der Waals surface area contributed by atoms with E-state index in [9.17, 15) is 22.4 Å². The number of carbonyl (C=O) groups excluding carboxylic acids is 1. The largest absolute Gasteiger partial charge is 0.490 e. The van der Waals surface area contributed by atoms with Gasteiger partial charge in [0.1, 0.15) is 11.6 Å². The van der Waals surface area contributed by atoms with Crippen molar-refractivity contribution < 1.29 is 37.0 Å². The van der Waals surface area contributed by atoms with Crippen molar-refractivity contribution in [1.82, 2.24) is 9.88 Å². The molecule has 1 saturated heterocycles. The summed E-state index contributed by atoms with van der Waals surface area (Å²) in [6, 6.07) is 8.99. The van der Waals surface area contributed by atoms with Crippen molar-refractivity contribution in [1.29, 1.82) is 0 Å². The van der Waals surface area contributed by atoms with E-state index in [1.54, 1.807) is 18.2 Å². The van der Waals surface area contributed by atoms with Crippen LogP contribution in [0.1, 0.15) is 29.6 Å². The van der Waals surface area contributed by atoms with E-state index in [-0.39, 0.29) is 11.6 Å². The molecule has 0 atom stereocenters. The molecule has 0 radical (unpaired) electrons. The smallest absolute Gasteiger partial charge is 0.475 e. The Morgan fingerprint density at radius 1 is 1.03 bits per heavy atom. The molecule has 0 amide bonds. The van der Waals surface area contributed by atoms with Crippen LogP contribution in [0.25, 0.3) is 0 Å². The molecule has 1 aliphatic heterocycles. The fraction of sp³-hybridized carbons (Fsp3) is 0.286. The third-order valence-corrected chi connectivity index (χ3v) is 4.13. The summed E-state index contributed by atoms with van der Waals surface area (Å²) in [5.41, 5.74) is 0.509. The molecule has 6 nitrogen and oxygen atoms in total. The maximum absolute atomic E-state index is 12.9. The van der Waals surface area contributed by atoms with Crippen molar-refractivity contribution in [2.75, 3.05) is 13.1 Å². The van der Waals surface area contributed by atoms with Gasteiger partial charge in [-0.25, -0.2) is 14.2 Å². The van der Waals surface area contributed by atoms with Crippen LogP contribution < -0.4 is 4.74 Å². The summed E-state index contributed by atoms with van der Waals surface area (Å²) in [6.07, 6.45) is 3.47. The van der Waals surface area contributed by atoms with Crippen molar-refractivity contribution in [3.05, 3.63) is 66.3 Å². The number of allylic oxidation sites excluding steroid dienone is 1. The molecular weight excluding hydrogens is 420 g/mol. The molecule has 166 valence electrons. The molecule has 0 aliphatic carbocycles. The minimum Gasteiger partial charge on any atom is -0.475 e. The zero-order valence-electron chi connectivity index (χ0n) is 16.3. The molecule has 1 aromatic heterocycles. The minimum absolute atomic E-state index is 0.0820. The van der Waals surface area contributed by atoms with Gasteiger partial charge in [0.25, 0.3) is 0 Å². The molecule has 0 saturated carbocycles. The van der Waals surface area contributed by atoms with Crippen LogP contribution in [0.15, 0.2) is 54.9 Å². The zero-order chi connectivity index (χ0) is 22.9. The van der Waals surface area contributed by atoms with Gasteiger partial charge in [-0.15, -0.1) is 0 Å². The number of halogens is 4. The number of piperidine rings is 1. The number of carbonyl (C=O) groups is 2. The van der Waals surface area contributed by atoms with Gasteiger partial charge >= 0.3 is 12.1 Å². The number of benzene rings is 1. The molecule has 0 bridgehead atoms. The highest BCUT2D eigenvalue weighted by Crippen LogP contribution is 2.20. The number of hydrogen-bond donors (Lipinski definition) is 1. The fourth-order valence-electron chi connectivity index (χ4n) is 2.55. The number of ketones is 1. The third-order valence-electron chi connectivity index (χ3n) is 4.13. The number of carboxylic acid groups (broad SMARTS) is 1. The Balaban J connectivity index is 0.000000423. The van der Waals surface area contributed by atoms with Crippen LogP contribution in [0.2, 0.25) is 0 Å². The molecule has 31 heavy (non-hydrogen) atoms. The van der Waals surface area contributed by atoms with E-state index in [1.807, 2.05) is 6.20 Å². The van der Waals surface area contributed by atoms with Gasteiger partial charge in [-0.1, -0.05) is 0 Å². The van der Waals surface area contributed by atoms with Crippen LogP contribution in [0, 0.1) is 5.82 Å². The lowest BCUT2D eigenvalue weighted by molar-refractivity contribution is -0.192. The van der Waals surface area contributed by atoms with Crippen LogP contribution in [0.3, 0.4) is 0 Å². The van der Waals surface area contributed by atoms with Crippen molar-refractivity contribution in [3.63, 3.8) is 0 Å². The van der Waals surface area contributed by atoms with Crippen molar-refractivity contribution in [2.24, 2.45) is 0 Å². The highest BCUT2D eigenvalue weighted by atomic mass is 19.4. The van der Waals surface area contributed by atoms with Crippen molar-refractivity contribution >= 4 is 11.8 Å². The number of aliphatic carboxylic acids is 1. The van der Waals surface area contributed by atoms with Crippen LogP contribution in [0.5, 0.6) is 11.6 Å². The van der Waals surface area contributed by atoms with Crippen molar-refractivity contribution in [3.8, 4) is 11.6 Å². The maximum atomic E-state index is 12.9. The molecule has 2 heterocycles. The summed E-state index contributed by atoms with van der Waals surface area (Å²) in [5.74, 6) is -2.31. The number of rotatable bonds is 5. The maximum Gasteiger partial charge on any atom is 0.490 e. The number of carboxylic acids is 1. The fourth-order valence-corrected chi connectivity index (χ4v) is 2.55. The molecule has 1 aliphatic rings. The number of ether oxygens (including phenoxy) is 1. The van der Waals surface area contributed by atoms with Gasteiger partial charge in [0.2, 0.25) is 5.88 Å². The average Bonchev–Trinajstić information content (AvgIpc) is 2.75. The lowest BCUT2D eigenvalue weighted by Crippen LogP contribution is -2.24. The molecule has 1 fully saturated rings. The van der Waals surface area contributed by atoms with Gasteiger partial charge in [-0.05, 0) is 49.6 Å². The normalized spacial score (nSPS) is 14.0. The second-order valence-corrected chi connectivity index (χ2v) is 6.52. The van der Waals surface area contributed by atoms with E-state index in [1.165, 1.54) is 49.7 Å². The van der Waals surface area contributed by atoms with Crippen LogP contribution in [0.4, 0.5) is 17.6 Å². The average molecular weight is 440 g/mol. The summed E-state index contributed by atoms with van der Waals surface area (Å²) in [6.45, 7) is 2.01. The predicted octanol–water partition coefficient (Wildman–Crippen LogP) is 4.83. The lowest BCUT2D eigenvalue weighted by Gasteiger charge is -2.24. The van der Waals surface area contributed by atoms with Gasteiger partial charge in [-0.3, -0.25) is 4.79 Å². The van der Waals surface area contributed by atoms with Gasteiger partial charge < -0.3 is 14.7 Å². The Morgan fingerprint density at radius 3 is 2.16 bits per heavy atom. The Hall–Kier alpha value is -3.43. The summed E-state index contributed by atoms with van der Waals surface area (Å²) in [5, 5.41) is 7.12. The zero-order valence-corrected chi connectivity index (χ0v) is 16.3. The highest BCUT2D eigenvalue weighted by Gasteiger charge is 2.38.